The molecule has 0 bridgehead atoms. The van der Waals surface area contributed by atoms with Crippen LogP contribution in [-0.2, 0) is 23.2 Å². The minimum Gasteiger partial charge on any atom is -0.496 e. The highest BCUT2D eigenvalue weighted by atomic mass is 32.2. The van der Waals surface area contributed by atoms with Crippen LogP contribution in [-0.4, -0.2) is 32.8 Å². The van der Waals surface area contributed by atoms with E-state index in [2.05, 4.69) is 5.32 Å². The van der Waals surface area contributed by atoms with Gasteiger partial charge in [-0.15, -0.1) is 0 Å². The van der Waals surface area contributed by atoms with Gasteiger partial charge in [0.05, 0.1) is 12.0 Å². The molecular weight excluding hydrogens is 500 g/mol. The average molecular weight is 531 g/mol. The standard InChI is InChI=1S/C30H30N2O5S/c1-22-9-16-28(17-10-22)38(34,35)32(2)20-25-19-24(11-18-29(25)36-3)30(33)31-26-12-14-27(15-13-26)37-21-23-7-5-4-6-8-23/h4-19H,20-21H2,1-3H3,(H,31,33). The molecule has 0 aromatic heterocycles. The molecule has 1 N–H and O–H groups in total. The van der Waals surface area contributed by atoms with E-state index in [1.54, 1.807) is 66.7 Å². The summed E-state index contributed by atoms with van der Waals surface area (Å²) in [5.74, 6) is 0.861. The molecule has 0 aliphatic carbocycles. The van der Waals surface area contributed by atoms with Gasteiger partial charge in [0.1, 0.15) is 18.1 Å². The first-order valence-corrected chi connectivity index (χ1v) is 13.5. The van der Waals surface area contributed by atoms with Crippen molar-refractivity contribution in [3.05, 3.63) is 119 Å². The Morgan fingerprint density at radius 3 is 2.24 bits per heavy atom. The Balaban J connectivity index is 1.44. The van der Waals surface area contributed by atoms with Crippen molar-refractivity contribution in [2.45, 2.75) is 25.0 Å². The van der Waals surface area contributed by atoms with E-state index in [-0.39, 0.29) is 17.3 Å². The second kappa shape index (κ2) is 11.9. The number of sulfonamides is 1. The molecule has 0 heterocycles. The van der Waals surface area contributed by atoms with Crippen LogP contribution in [0.2, 0.25) is 0 Å². The molecule has 0 unspecified atom stereocenters. The molecule has 0 atom stereocenters. The molecule has 4 aromatic carbocycles. The number of rotatable bonds is 10. The lowest BCUT2D eigenvalue weighted by Crippen LogP contribution is -2.27. The summed E-state index contributed by atoms with van der Waals surface area (Å²) in [7, 11) is -0.711. The number of ether oxygens (including phenoxy) is 2. The maximum Gasteiger partial charge on any atom is 0.255 e. The molecule has 0 saturated carbocycles. The Morgan fingerprint density at radius 1 is 0.895 bits per heavy atom. The van der Waals surface area contributed by atoms with E-state index in [4.69, 9.17) is 9.47 Å². The lowest BCUT2D eigenvalue weighted by atomic mass is 10.1. The molecule has 7 nitrogen and oxygen atoms in total. The topological polar surface area (TPSA) is 84.9 Å². The summed E-state index contributed by atoms with van der Waals surface area (Å²) in [5.41, 5.74) is 3.60. The molecule has 4 aromatic rings. The molecule has 1 amide bonds. The molecule has 196 valence electrons. The Morgan fingerprint density at radius 2 is 1.58 bits per heavy atom. The van der Waals surface area contributed by atoms with Crippen LogP contribution in [0.25, 0.3) is 0 Å². The van der Waals surface area contributed by atoms with Crippen molar-refractivity contribution >= 4 is 21.6 Å². The molecule has 0 saturated heterocycles. The van der Waals surface area contributed by atoms with E-state index in [1.807, 2.05) is 37.3 Å². The van der Waals surface area contributed by atoms with Gasteiger partial charge in [-0.2, -0.15) is 4.31 Å². The highest BCUT2D eigenvalue weighted by molar-refractivity contribution is 7.89. The van der Waals surface area contributed by atoms with Crippen molar-refractivity contribution in [2.24, 2.45) is 0 Å². The molecule has 0 aliphatic rings. The third kappa shape index (κ3) is 6.59. The molecule has 0 spiro atoms. The zero-order chi connectivity index (χ0) is 27.1. The number of methoxy groups -OCH3 is 1. The Kier molecular flexibility index (Phi) is 8.45. The number of nitrogens with one attached hydrogen (secondary N) is 1. The van der Waals surface area contributed by atoms with Crippen molar-refractivity contribution in [1.29, 1.82) is 0 Å². The second-order valence-corrected chi connectivity index (χ2v) is 10.9. The van der Waals surface area contributed by atoms with E-state index in [0.29, 0.717) is 34.9 Å². The summed E-state index contributed by atoms with van der Waals surface area (Å²) >= 11 is 0. The summed E-state index contributed by atoms with van der Waals surface area (Å²) in [4.78, 5) is 13.2. The van der Waals surface area contributed by atoms with Crippen LogP contribution < -0.4 is 14.8 Å². The molecule has 0 radical (unpaired) electrons. The van der Waals surface area contributed by atoms with E-state index in [0.717, 1.165) is 11.1 Å². The number of hydrogen-bond donors (Lipinski definition) is 1. The average Bonchev–Trinajstić information content (AvgIpc) is 2.93. The van der Waals surface area contributed by atoms with Crippen molar-refractivity contribution in [3.63, 3.8) is 0 Å². The van der Waals surface area contributed by atoms with Gasteiger partial charge in [-0.05, 0) is 67.1 Å². The summed E-state index contributed by atoms with van der Waals surface area (Å²) in [6.07, 6.45) is 0. The van der Waals surface area contributed by atoms with Crippen LogP contribution in [0.15, 0.2) is 102 Å². The second-order valence-electron chi connectivity index (χ2n) is 8.85. The summed E-state index contributed by atoms with van der Waals surface area (Å²) in [6.45, 7) is 2.39. The van der Waals surface area contributed by atoms with Gasteiger partial charge in [0.25, 0.3) is 5.91 Å². The zero-order valence-electron chi connectivity index (χ0n) is 21.5. The van der Waals surface area contributed by atoms with Gasteiger partial charge in [0, 0.05) is 30.4 Å². The van der Waals surface area contributed by atoms with E-state index in [1.165, 1.54) is 18.5 Å². The molecule has 4 rings (SSSR count). The van der Waals surface area contributed by atoms with Gasteiger partial charge in [-0.1, -0.05) is 48.0 Å². The summed E-state index contributed by atoms with van der Waals surface area (Å²) < 4.78 is 38.6. The highest BCUT2D eigenvalue weighted by Crippen LogP contribution is 2.25. The first kappa shape index (κ1) is 26.9. The predicted octanol–water partition coefficient (Wildman–Crippen LogP) is 5.66. The quantitative estimate of drug-likeness (QED) is 0.286. The first-order valence-electron chi connectivity index (χ1n) is 12.0. The van der Waals surface area contributed by atoms with Crippen molar-refractivity contribution in [2.75, 3.05) is 19.5 Å². The van der Waals surface area contributed by atoms with Crippen LogP contribution in [0, 0.1) is 6.92 Å². The maximum absolute atomic E-state index is 13.1. The molecule has 0 fully saturated rings. The third-order valence-electron chi connectivity index (χ3n) is 6.03. The lowest BCUT2D eigenvalue weighted by molar-refractivity contribution is 0.102. The van der Waals surface area contributed by atoms with E-state index >= 15 is 0 Å². The zero-order valence-corrected chi connectivity index (χ0v) is 22.4. The monoisotopic (exact) mass is 530 g/mol. The van der Waals surface area contributed by atoms with Gasteiger partial charge in [0.2, 0.25) is 10.0 Å². The van der Waals surface area contributed by atoms with Crippen LogP contribution in [0.3, 0.4) is 0 Å². The molecule has 8 heteroatoms. The number of anilines is 1. The minimum atomic E-state index is -3.72. The normalized spacial score (nSPS) is 11.3. The number of nitrogens with zero attached hydrogens (tertiary/aromatic N) is 1. The smallest absolute Gasteiger partial charge is 0.255 e. The molecule has 0 aliphatic heterocycles. The van der Waals surface area contributed by atoms with Crippen LogP contribution >= 0.6 is 0 Å². The van der Waals surface area contributed by atoms with Gasteiger partial charge < -0.3 is 14.8 Å². The number of benzene rings is 4. The van der Waals surface area contributed by atoms with Gasteiger partial charge >= 0.3 is 0 Å². The fourth-order valence-corrected chi connectivity index (χ4v) is 4.99. The highest BCUT2D eigenvalue weighted by Gasteiger charge is 2.22. The van der Waals surface area contributed by atoms with E-state index in [9.17, 15) is 13.2 Å². The number of carbonyl (C=O) groups is 1. The number of aryl methyl sites for hydroxylation is 1. The van der Waals surface area contributed by atoms with Crippen LogP contribution in [0.1, 0.15) is 27.0 Å². The maximum atomic E-state index is 13.1. The Labute approximate surface area is 223 Å². The fourth-order valence-electron chi connectivity index (χ4n) is 3.84. The molecule has 38 heavy (non-hydrogen) atoms. The summed E-state index contributed by atoms with van der Waals surface area (Å²) in [6, 6.07) is 28.6. The SMILES string of the molecule is COc1ccc(C(=O)Nc2ccc(OCc3ccccc3)cc2)cc1CN(C)S(=O)(=O)c1ccc(C)cc1. The summed E-state index contributed by atoms with van der Waals surface area (Å²) in [5, 5.41) is 2.87. The van der Waals surface area contributed by atoms with Crippen molar-refractivity contribution < 1.29 is 22.7 Å². The van der Waals surface area contributed by atoms with Crippen molar-refractivity contribution in [1.82, 2.24) is 4.31 Å². The number of amides is 1. The van der Waals surface area contributed by atoms with Gasteiger partial charge in [0.15, 0.2) is 0 Å². The number of hydrogen-bond acceptors (Lipinski definition) is 5. The number of carbonyl (C=O) groups excluding carboxylic acids is 1. The van der Waals surface area contributed by atoms with Gasteiger partial charge in [-0.25, -0.2) is 8.42 Å². The largest absolute Gasteiger partial charge is 0.496 e. The first-order chi connectivity index (χ1) is 18.3. The predicted molar refractivity (Wildman–Crippen MR) is 148 cm³/mol. The van der Waals surface area contributed by atoms with E-state index < -0.39 is 10.0 Å². The third-order valence-corrected chi connectivity index (χ3v) is 7.84. The Bertz CT molecular complexity index is 1490. The molecular formula is C30H30N2O5S. The Hall–Kier alpha value is -4.14. The van der Waals surface area contributed by atoms with Crippen LogP contribution in [0.4, 0.5) is 5.69 Å². The minimum absolute atomic E-state index is 0.0357. The lowest BCUT2D eigenvalue weighted by Gasteiger charge is -2.19. The van der Waals surface area contributed by atoms with Crippen molar-refractivity contribution in [3.8, 4) is 11.5 Å². The fraction of sp³-hybridized carbons (Fsp3) is 0.167. The van der Waals surface area contributed by atoms with Crippen LogP contribution in [0.5, 0.6) is 11.5 Å². The van der Waals surface area contributed by atoms with Gasteiger partial charge in [-0.3, -0.25) is 4.79 Å².